The highest BCUT2D eigenvalue weighted by molar-refractivity contribution is 6.02. The number of phenols is 8. The van der Waals surface area contributed by atoms with Gasteiger partial charge in [-0.25, -0.2) is 28.8 Å². The van der Waals surface area contributed by atoms with Crippen molar-refractivity contribution in [3.05, 3.63) is 134 Å². The second-order valence-electron chi connectivity index (χ2n) is 19.7. The molecule has 6 aromatic rings. The summed E-state index contributed by atoms with van der Waals surface area (Å²) in [5, 5.41) is 109. The minimum atomic E-state index is -1.39. The Morgan fingerprint density at radius 2 is 0.443 bits per heavy atom. The molecule has 0 aliphatic carbocycles. The van der Waals surface area contributed by atoms with Crippen LogP contribution in [0, 0.1) is 111 Å². The summed E-state index contributed by atoms with van der Waals surface area (Å²) in [5.41, 5.74) is -1.90. The minimum absolute atomic E-state index is 0.0397. The maximum Gasteiger partial charge on any atom is 0.347 e. The molecule has 0 radical (unpaired) electrons. The number of carboxylic acids is 2. The van der Waals surface area contributed by atoms with Crippen LogP contribution in [-0.4, -0.2) is 86.9 Å². The molecule has 6 aromatic carbocycles. The van der Waals surface area contributed by atoms with Crippen molar-refractivity contribution in [3.63, 3.8) is 0 Å². The van der Waals surface area contributed by atoms with Gasteiger partial charge in [0.15, 0.2) is 0 Å². The summed E-state index contributed by atoms with van der Waals surface area (Å²) >= 11 is 0. The number of phenolic OH excluding ortho intramolecular Hbond substituents is 6. The fraction of sp³-hybridized carbons (Fsp3) is 0.288. The number of hydrogen-bond acceptors (Lipinski definition) is 18. The van der Waals surface area contributed by atoms with Crippen molar-refractivity contribution in [2.75, 3.05) is 0 Å². The van der Waals surface area contributed by atoms with Crippen molar-refractivity contribution in [1.82, 2.24) is 0 Å². The van der Waals surface area contributed by atoms with Gasteiger partial charge in [0, 0.05) is 50.9 Å². The number of hydrogen-bond donors (Lipinski definition) is 10. The van der Waals surface area contributed by atoms with Gasteiger partial charge >= 0.3 is 35.8 Å². The molecule has 20 heteroatoms. The molecule has 0 heterocycles. The van der Waals surface area contributed by atoms with Crippen LogP contribution in [0.15, 0.2) is 0 Å². The van der Waals surface area contributed by atoms with Crippen LogP contribution >= 0.6 is 0 Å². The average Bonchev–Trinajstić information content (AvgIpc) is 3.45. The molecule has 0 saturated heterocycles. The highest BCUT2D eigenvalue weighted by Gasteiger charge is 2.35. The number of ether oxygens (including phenoxy) is 4. The van der Waals surface area contributed by atoms with Crippen LogP contribution in [0.4, 0.5) is 0 Å². The normalized spacial score (nSPS) is 11.1. The zero-order valence-corrected chi connectivity index (χ0v) is 46.3. The molecule has 0 spiro atoms. The summed E-state index contributed by atoms with van der Waals surface area (Å²) in [7, 11) is 0. The summed E-state index contributed by atoms with van der Waals surface area (Å²) in [5.74, 6) is -12.9. The number of benzene rings is 6. The fourth-order valence-corrected chi connectivity index (χ4v) is 9.83. The summed E-state index contributed by atoms with van der Waals surface area (Å²) in [6.45, 7) is 22.5. The molecule has 0 aromatic heterocycles. The SMILES string of the molecule is Cc1c(O)c(Cc2c(C)c(C(=O)Oc3c(C)c(C)c(C(=O)Oc4c(C)c(C)c(C(=O)O)c(O)c4C)c(O)c3C)c(O)c(C)c2O)c(C)c(C(=O)Oc2c(C)c(C)c(C(=O)Oc3c(C)c(C)c(C(=O)O)c(O)c3C)c(O)c2C)c1O. The molecule has 0 saturated carbocycles. The van der Waals surface area contributed by atoms with E-state index in [0.29, 0.717) is 0 Å². The van der Waals surface area contributed by atoms with Gasteiger partial charge in [0.1, 0.15) is 102 Å². The van der Waals surface area contributed by atoms with Gasteiger partial charge in [-0.15, -0.1) is 0 Å². The number of carboxylic acid groups (broad SMARTS) is 2. The van der Waals surface area contributed by atoms with Gasteiger partial charge in [-0.2, -0.15) is 0 Å². The van der Waals surface area contributed by atoms with E-state index in [2.05, 4.69) is 0 Å². The molecule has 0 aliphatic rings. The van der Waals surface area contributed by atoms with Gasteiger partial charge in [0.25, 0.3) is 0 Å². The van der Waals surface area contributed by atoms with E-state index in [1.165, 1.54) is 111 Å². The third kappa shape index (κ3) is 9.52. The van der Waals surface area contributed by atoms with E-state index < -0.39 is 99.4 Å². The first-order valence-electron chi connectivity index (χ1n) is 24.3. The fourth-order valence-electron chi connectivity index (χ4n) is 9.83. The van der Waals surface area contributed by atoms with Crippen molar-refractivity contribution in [2.45, 2.75) is 117 Å². The molecule has 0 atom stereocenters. The smallest absolute Gasteiger partial charge is 0.347 e. The van der Waals surface area contributed by atoms with Gasteiger partial charge in [0.2, 0.25) is 0 Å². The van der Waals surface area contributed by atoms with E-state index in [1.54, 1.807) is 0 Å². The highest BCUT2D eigenvalue weighted by Crippen LogP contribution is 2.47. The predicted molar refractivity (Wildman–Crippen MR) is 284 cm³/mol. The Labute approximate surface area is 452 Å². The van der Waals surface area contributed by atoms with Crippen LogP contribution in [0.5, 0.6) is 69.0 Å². The van der Waals surface area contributed by atoms with Crippen molar-refractivity contribution in [3.8, 4) is 69.0 Å². The molecule has 79 heavy (non-hydrogen) atoms. The van der Waals surface area contributed by atoms with Gasteiger partial charge in [-0.05, 0) is 166 Å². The monoisotopic (exact) mass is 1090 g/mol. The van der Waals surface area contributed by atoms with Crippen molar-refractivity contribution >= 4 is 35.8 Å². The lowest BCUT2D eigenvalue weighted by molar-refractivity contribution is 0.0679. The van der Waals surface area contributed by atoms with Crippen molar-refractivity contribution in [1.29, 1.82) is 0 Å². The maximum absolute atomic E-state index is 14.3. The van der Waals surface area contributed by atoms with Crippen LogP contribution in [0.3, 0.4) is 0 Å². The Bertz CT molecular complexity index is 3400. The molecule has 0 bridgehead atoms. The van der Waals surface area contributed by atoms with Crippen LogP contribution in [0.25, 0.3) is 0 Å². The Morgan fingerprint density at radius 1 is 0.253 bits per heavy atom. The first-order chi connectivity index (χ1) is 36.6. The second-order valence-corrected chi connectivity index (χ2v) is 19.7. The molecular formula is C59H60O20. The number of esters is 4. The number of carbonyl (C=O) groups is 6. The van der Waals surface area contributed by atoms with E-state index in [-0.39, 0.29) is 145 Å². The van der Waals surface area contributed by atoms with E-state index in [1.807, 2.05) is 0 Å². The molecule has 0 fully saturated rings. The lowest BCUT2D eigenvalue weighted by atomic mass is 9.87. The first-order valence-corrected chi connectivity index (χ1v) is 24.3. The van der Waals surface area contributed by atoms with Crippen LogP contribution in [-0.2, 0) is 6.42 Å². The van der Waals surface area contributed by atoms with Crippen molar-refractivity contribution in [2.24, 2.45) is 0 Å². The largest absolute Gasteiger partial charge is 0.507 e. The predicted octanol–water partition coefficient (Wildman–Crippen LogP) is 10.1. The summed E-state index contributed by atoms with van der Waals surface area (Å²) in [6, 6.07) is 0. The average molecular weight is 1090 g/mol. The Hall–Kier alpha value is -9.46. The molecule has 20 nitrogen and oxygen atoms in total. The maximum atomic E-state index is 14.3. The molecular weight excluding hydrogens is 1030 g/mol. The highest BCUT2D eigenvalue weighted by atomic mass is 16.6. The van der Waals surface area contributed by atoms with E-state index in [9.17, 15) is 79.8 Å². The van der Waals surface area contributed by atoms with Crippen LogP contribution in [0.1, 0.15) is 162 Å². The van der Waals surface area contributed by atoms with Gasteiger partial charge < -0.3 is 70.0 Å². The number of aromatic hydroxyl groups is 8. The topological polar surface area (TPSA) is 342 Å². The van der Waals surface area contributed by atoms with Gasteiger partial charge in [0.05, 0.1) is 0 Å². The lowest BCUT2D eigenvalue weighted by Gasteiger charge is -2.22. The number of rotatable bonds is 12. The Balaban J connectivity index is 1.34. The van der Waals surface area contributed by atoms with Crippen molar-refractivity contribution < 1.29 is 98.8 Å². The lowest BCUT2D eigenvalue weighted by Crippen LogP contribution is -2.18. The molecule has 0 aliphatic heterocycles. The number of aromatic carboxylic acids is 2. The van der Waals surface area contributed by atoms with Gasteiger partial charge in [-0.1, -0.05) is 0 Å². The first kappa shape index (κ1) is 58.8. The standard InChI is InChI=1S/C59H60O20/c1-18-22(5)50(30(13)46(64)36(18)54(68)69)76-56(72)38-20(3)24(7)52(32(15)48(38)66)78-58(74)40-26(9)34(42(60)28(11)44(40)62)17-35-27(10)41(45(63)29(12)43(35)61)59(75)79-53-25(8)21(4)39(49(67)33(53)16)57(73)77-51-23(6)19(2)37(55(70)71)47(65)31(51)14/h60-67H,17H2,1-16H3,(H,68,69)(H,70,71). The minimum Gasteiger partial charge on any atom is -0.507 e. The van der Waals surface area contributed by atoms with E-state index >= 15 is 0 Å². The molecule has 6 rings (SSSR count). The van der Waals surface area contributed by atoms with E-state index in [0.717, 1.165) is 0 Å². The number of carbonyl (C=O) groups excluding carboxylic acids is 4. The summed E-state index contributed by atoms with van der Waals surface area (Å²) < 4.78 is 23.0. The van der Waals surface area contributed by atoms with Gasteiger partial charge in [-0.3, -0.25) is 0 Å². The zero-order valence-electron chi connectivity index (χ0n) is 46.3. The van der Waals surface area contributed by atoms with E-state index in [4.69, 9.17) is 18.9 Å². The van der Waals surface area contributed by atoms with Crippen LogP contribution < -0.4 is 18.9 Å². The van der Waals surface area contributed by atoms with Crippen LogP contribution in [0.2, 0.25) is 0 Å². The summed E-state index contributed by atoms with van der Waals surface area (Å²) in [4.78, 5) is 79.8. The second kappa shape index (κ2) is 21.2. The molecule has 0 amide bonds. The third-order valence-corrected chi connectivity index (χ3v) is 15.3. The third-order valence-electron chi connectivity index (χ3n) is 15.3. The molecule has 416 valence electrons. The Morgan fingerprint density at radius 3 is 0.671 bits per heavy atom. The summed E-state index contributed by atoms with van der Waals surface area (Å²) in [6.07, 6.45) is -0.438. The molecule has 0 unspecified atom stereocenters. The Kier molecular flexibility index (Phi) is 15.8. The zero-order chi connectivity index (χ0) is 59.8. The quantitative estimate of drug-likeness (QED) is 0.0402. The molecule has 10 N–H and O–H groups in total.